The quantitative estimate of drug-likeness (QED) is 0.809. The normalized spacial score (nSPS) is 12.5. The average Bonchev–Trinajstić information content (AvgIpc) is 1.99. The molecule has 1 aromatic carbocycles. The Morgan fingerprint density at radius 2 is 1.87 bits per heavy atom. The molecular weight excluding hydrogens is 206 g/mol. The van der Waals surface area contributed by atoms with Crippen molar-refractivity contribution >= 4 is 5.97 Å². The Kier molecular flexibility index (Phi) is 3.36. The lowest BCUT2D eigenvalue weighted by Gasteiger charge is -2.11. The van der Waals surface area contributed by atoms with E-state index in [2.05, 4.69) is 0 Å². The van der Waals surface area contributed by atoms with Crippen LogP contribution in [0.5, 0.6) is 0 Å². The van der Waals surface area contributed by atoms with E-state index in [4.69, 9.17) is 5.11 Å². The number of aliphatic hydroxyl groups is 1. The van der Waals surface area contributed by atoms with Crippen LogP contribution in [-0.2, 0) is 4.79 Å². The summed E-state index contributed by atoms with van der Waals surface area (Å²) in [5.74, 6) is -3.18. The highest BCUT2D eigenvalue weighted by Crippen LogP contribution is 2.24. The summed E-state index contributed by atoms with van der Waals surface area (Å²) in [4.78, 5) is 10.3. The van der Waals surface area contributed by atoms with Crippen molar-refractivity contribution < 1.29 is 23.8 Å². The van der Waals surface area contributed by atoms with E-state index in [1.807, 2.05) is 0 Å². The largest absolute Gasteiger partial charge is 0.481 e. The van der Waals surface area contributed by atoms with Crippen molar-refractivity contribution in [3.8, 4) is 0 Å². The van der Waals surface area contributed by atoms with Gasteiger partial charge in [0.15, 0.2) is 0 Å². The van der Waals surface area contributed by atoms with Crippen LogP contribution < -0.4 is 0 Å². The number of carbonyl (C=O) groups is 1. The number of benzene rings is 1. The number of rotatable bonds is 3. The molecule has 0 saturated carbocycles. The summed E-state index contributed by atoms with van der Waals surface area (Å²) in [5, 5.41) is 17.7. The predicted molar refractivity (Wildman–Crippen MR) is 48.3 cm³/mol. The highest BCUT2D eigenvalue weighted by Gasteiger charge is 2.20. The van der Waals surface area contributed by atoms with Crippen LogP contribution in [0.15, 0.2) is 12.1 Å². The Balaban J connectivity index is 3.08. The maximum atomic E-state index is 13.2. The molecule has 0 heterocycles. The molecule has 0 aliphatic carbocycles. The molecular formula is C10H10F2O3. The van der Waals surface area contributed by atoms with Gasteiger partial charge in [0, 0.05) is 0 Å². The van der Waals surface area contributed by atoms with Crippen LogP contribution in [-0.4, -0.2) is 16.2 Å². The van der Waals surface area contributed by atoms with Crippen LogP contribution >= 0.6 is 0 Å². The van der Waals surface area contributed by atoms with Gasteiger partial charge in [-0.2, -0.15) is 0 Å². The summed E-state index contributed by atoms with van der Waals surface area (Å²) < 4.78 is 26.4. The van der Waals surface area contributed by atoms with Gasteiger partial charge in [0.2, 0.25) is 0 Å². The molecule has 82 valence electrons. The summed E-state index contributed by atoms with van der Waals surface area (Å²) in [5.41, 5.74) is -0.223. The van der Waals surface area contributed by atoms with Crippen molar-refractivity contribution in [1.82, 2.24) is 0 Å². The third kappa shape index (κ3) is 2.73. The molecule has 0 fully saturated rings. The van der Waals surface area contributed by atoms with Gasteiger partial charge < -0.3 is 10.2 Å². The molecule has 0 amide bonds. The Bertz CT molecular complexity index is 367. The summed E-state index contributed by atoms with van der Waals surface area (Å²) in [6.07, 6.45) is -2.39. The molecule has 15 heavy (non-hydrogen) atoms. The smallest absolute Gasteiger partial charge is 0.306 e. The molecule has 0 spiro atoms. The van der Waals surface area contributed by atoms with Crippen LogP contribution in [0.3, 0.4) is 0 Å². The molecule has 0 radical (unpaired) electrons. The number of aliphatic hydroxyl groups excluding tert-OH is 1. The third-order valence-electron chi connectivity index (χ3n) is 1.92. The van der Waals surface area contributed by atoms with Crippen LogP contribution in [0.1, 0.15) is 23.7 Å². The van der Waals surface area contributed by atoms with Crippen molar-refractivity contribution in [2.75, 3.05) is 0 Å². The van der Waals surface area contributed by atoms with Gasteiger partial charge in [-0.15, -0.1) is 0 Å². The predicted octanol–water partition coefficient (Wildman–Crippen LogP) is 1.78. The number of halogens is 2. The lowest BCUT2D eigenvalue weighted by atomic mass is 10.0. The van der Waals surface area contributed by atoms with Crippen molar-refractivity contribution in [2.45, 2.75) is 19.4 Å². The molecule has 0 aromatic heterocycles. The lowest BCUT2D eigenvalue weighted by molar-refractivity contribution is -0.139. The van der Waals surface area contributed by atoms with Gasteiger partial charge in [-0.25, -0.2) is 8.78 Å². The van der Waals surface area contributed by atoms with Gasteiger partial charge in [-0.05, 0) is 24.6 Å². The second-order valence-corrected chi connectivity index (χ2v) is 3.26. The van der Waals surface area contributed by atoms with Gasteiger partial charge in [-0.3, -0.25) is 4.79 Å². The fourth-order valence-electron chi connectivity index (χ4n) is 1.30. The van der Waals surface area contributed by atoms with E-state index in [0.717, 1.165) is 12.1 Å². The van der Waals surface area contributed by atoms with Gasteiger partial charge in [0.05, 0.1) is 18.1 Å². The van der Waals surface area contributed by atoms with E-state index in [-0.39, 0.29) is 0 Å². The molecule has 2 N–H and O–H groups in total. The molecule has 0 bridgehead atoms. The monoisotopic (exact) mass is 216 g/mol. The van der Waals surface area contributed by atoms with Crippen LogP contribution in [0.2, 0.25) is 0 Å². The summed E-state index contributed by atoms with van der Waals surface area (Å²) in [7, 11) is 0. The minimum absolute atomic E-state index is 0.372. The molecule has 1 rings (SSSR count). The molecule has 1 aromatic rings. The van der Waals surface area contributed by atoms with Crippen molar-refractivity contribution in [3.63, 3.8) is 0 Å². The number of carboxylic acid groups (broad SMARTS) is 1. The Morgan fingerprint density at radius 1 is 1.40 bits per heavy atom. The first kappa shape index (κ1) is 11.6. The van der Waals surface area contributed by atoms with Crippen molar-refractivity contribution in [1.29, 1.82) is 0 Å². The zero-order valence-electron chi connectivity index (χ0n) is 8.00. The highest BCUT2D eigenvalue weighted by molar-refractivity contribution is 5.67. The third-order valence-corrected chi connectivity index (χ3v) is 1.92. The maximum Gasteiger partial charge on any atom is 0.306 e. The number of carboxylic acids is 1. The van der Waals surface area contributed by atoms with Gasteiger partial charge in [0.25, 0.3) is 0 Å². The zero-order valence-corrected chi connectivity index (χ0v) is 8.00. The Labute approximate surface area is 85.0 Å². The maximum absolute atomic E-state index is 13.2. The topological polar surface area (TPSA) is 57.5 Å². The fraction of sp³-hybridized carbons (Fsp3) is 0.300. The van der Waals surface area contributed by atoms with Crippen LogP contribution in [0, 0.1) is 18.6 Å². The molecule has 0 unspecified atom stereocenters. The van der Waals surface area contributed by atoms with Gasteiger partial charge in [0.1, 0.15) is 11.6 Å². The summed E-state index contributed by atoms with van der Waals surface area (Å²) in [6, 6.07) is 2.09. The van der Waals surface area contributed by atoms with E-state index in [1.54, 1.807) is 0 Å². The first-order chi connectivity index (χ1) is 6.91. The molecule has 0 aliphatic rings. The number of aryl methyl sites for hydroxylation is 1. The average molecular weight is 216 g/mol. The van der Waals surface area contributed by atoms with E-state index >= 15 is 0 Å². The lowest BCUT2D eigenvalue weighted by Crippen LogP contribution is -2.09. The molecule has 0 aliphatic heterocycles. The summed E-state index contributed by atoms with van der Waals surface area (Å²) in [6.45, 7) is 1.50. The molecule has 5 heteroatoms. The SMILES string of the molecule is Cc1cc(F)c([C@H](O)CC(=O)O)c(F)c1. The summed E-state index contributed by atoms with van der Waals surface area (Å²) >= 11 is 0. The molecule has 3 nitrogen and oxygen atoms in total. The first-order valence-corrected chi connectivity index (χ1v) is 4.27. The van der Waals surface area contributed by atoms with Crippen LogP contribution in [0.25, 0.3) is 0 Å². The Hall–Kier alpha value is -1.49. The van der Waals surface area contributed by atoms with E-state index < -0.39 is 35.7 Å². The van der Waals surface area contributed by atoms with Gasteiger partial charge in [-0.1, -0.05) is 0 Å². The number of hydrogen-bond donors (Lipinski definition) is 2. The number of aliphatic carboxylic acids is 1. The van der Waals surface area contributed by atoms with E-state index in [9.17, 15) is 18.7 Å². The minimum Gasteiger partial charge on any atom is -0.481 e. The number of hydrogen-bond acceptors (Lipinski definition) is 2. The Morgan fingerprint density at radius 3 is 2.27 bits per heavy atom. The second-order valence-electron chi connectivity index (χ2n) is 3.26. The van der Waals surface area contributed by atoms with Crippen LogP contribution in [0.4, 0.5) is 8.78 Å². The standard InChI is InChI=1S/C10H10F2O3/c1-5-2-6(11)10(7(12)3-5)8(13)4-9(14)15/h2-3,8,13H,4H2,1H3,(H,14,15)/t8-/m1/s1. The van der Waals surface area contributed by atoms with E-state index in [1.165, 1.54) is 6.92 Å². The van der Waals surface area contributed by atoms with E-state index in [0.29, 0.717) is 5.56 Å². The first-order valence-electron chi connectivity index (χ1n) is 4.27. The zero-order chi connectivity index (χ0) is 11.6. The highest BCUT2D eigenvalue weighted by atomic mass is 19.1. The minimum atomic E-state index is -1.66. The molecule has 0 saturated heterocycles. The molecule has 1 atom stereocenters. The van der Waals surface area contributed by atoms with Gasteiger partial charge >= 0.3 is 5.97 Å². The van der Waals surface area contributed by atoms with Crippen molar-refractivity contribution in [2.24, 2.45) is 0 Å². The fourth-order valence-corrected chi connectivity index (χ4v) is 1.30. The second kappa shape index (κ2) is 4.35. The van der Waals surface area contributed by atoms with Crippen molar-refractivity contribution in [3.05, 3.63) is 34.9 Å².